The number of benzene rings is 1. The van der Waals surface area contributed by atoms with Gasteiger partial charge in [-0.3, -0.25) is 14.9 Å². The molecule has 0 fully saturated rings. The number of nitrogens with two attached hydrogens (primary N) is 1. The van der Waals surface area contributed by atoms with E-state index in [9.17, 15) is 4.79 Å². The number of nitrogens with zero attached hydrogens (tertiary/aromatic N) is 4. The number of carbonyl (C=O) groups excluding carboxylic acids is 1. The number of rotatable bonds is 6. The van der Waals surface area contributed by atoms with Crippen LogP contribution in [0, 0.1) is 0 Å². The topological polar surface area (TPSA) is 99.7 Å². The van der Waals surface area contributed by atoms with Crippen molar-refractivity contribution < 1.29 is 4.79 Å². The van der Waals surface area contributed by atoms with Crippen molar-refractivity contribution in [1.82, 2.24) is 15.2 Å². The first-order chi connectivity index (χ1) is 9.66. The lowest BCUT2D eigenvalue weighted by Gasteiger charge is -2.10. The van der Waals surface area contributed by atoms with E-state index < -0.39 is 5.91 Å². The van der Waals surface area contributed by atoms with E-state index in [1.165, 1.54) is 11.8 Å². The number of nitrogens with one attached hydrogen (secondary N) is 1. The predicted molar refractivity (Wildman–Crippen MR) is 74.4 cm³/mol. The van der Waals surface area contributed by atoms with Crippen molar-refractivity contribution >= 4 is 11.7 Å². The molecule has 0 aliphatic heterocycles. The maximum atomic E-state index is 11.1. The van der Waals surface area contributed by atoms with E-state index >= 15 is 0 Å². The molecule has 7 heteroatoms. The molecular formula is C13H16N6O. The Hall–Kier alpha value is -2.70. The normalized spacial score (nSPS) is 10.8. The molecule has 1 amide bonds. The van der Waals surface area contributed by atoms with Crippen molar-refractivity contribution in [2.75, 3.05) is 13.6 Å². The maximum absolute atomic E-state index is 11.1. The van der Waals surface area contributed by atoms with E-state index in [0.29, 0.717) is 6.54 Å². The lowest BCUT2D eigenvalue weighted by molar-refractivity contribution is 0.100. The van der Waals surface area contributed by atoms with Crippen molar-refractivity contribution in [2.24, 2.45) is 16.1 Å². The number of hydrogen-bond acceptors (Lipinski definition) is 4. The van der Waals surface area contributed by atoms with E-state index in [1.54, 1.807) is 5.01 Å². The number of aromatic nitrogens is 2. The molecule has 1 heterocycles. The number of likely N-dealkylation sites (N-methyl/N-ethyl adjacent to an activating group) is 1. The highest BCUT2D eigenvalue weighted by Crippen LogP contribution is 2.14. The summed E-state index contributed by atoms with van der Waals surface area (Å²) in [6.45, 7) is 0.716. The predicted octanol–water partition coefficient (Wildman–Crippen LogP) is 1.68. The molecule has 0 unspecified atom stereocenters. The quantitative estimate of drug-likeness (QED) is 0.618. The Morgan fingerprint density at radius 1 is 1.40 bits per heavy atom. The Morgan fingerprint density at radius 3 is 2.85 bits per heavy atom. The fourth-order valence-electron chi connectivity index (χ4n) is 1.64. The van der Waals surface area contributed by atoms with Crippen LogP contribution in [0.3, 0.4) is 0 Å². The molecule has 0 aliphatic rings. The molecule has 104 valence electrons. The van der Waals surface area contributed by atoms with Gasteiger partial charge in [-0.05, 0) is 12.0 Å². The summed E-state index contributed by atoms with van der Waals surface area (Å²) in [5, 5.41) is 15.9. The molecule has 0 radical (unpaired) electrons. The molecule has 20 heavy (non-hydrogen) atoms. The Bertz CT molecular complexity index is 592. The van der Waals surface area contributed by atoms with Gasteiger partial charge in [0.05, 0.1) is 6.20 Å². The van der Waals surface area contributed by atoms with Crippen LogP contribution in [0.15, 0.2) is 46.9 Å². The fourth-order valence-corrected chi connectivity index (χ4v) is 1.64. The average molecular weight is 272 g/mol. The molecular weight excluding hydrogens is 256 g/mol. The van der Waals surface area contributed by atoms with Gasteiger partial charge in [-0.25, -0.2) is 0 Å². The second-order valence-corrected chi connectivity index (χ2v) is 4.30. The number of hydrogen-bond donors (Lipinski definition) is 2. The lowest BCUT2D eigenvalue weighted by Crippen LogP contribution is -2.14. The highest BCUT2D eigenvalue weighted by atomic mass is 16.1. The van der Waals surface area contributed by atoms with Crippen molar-refractivity contribution in [3.05, 3.63) is 47.7 Å². The first-order valence-electron chi connectivity index (χ1n) is 6.16. The SMILES string of the molecule is CN(CCc1ccccc1)N=Nc1[nH]ncc1C(N)=O. The largest absolute Gasteiger partial charge is 0.365 e. The molecule has 0 atom stereocenters. The molecule has 7 nitrogen and oxygen atoms in total. The number of primary amides is 1. The molecule has 0 aliphatic carbocycles. The van der Waals surface area contributed by atoms with Gasteiger partial charge >= 0.3 is 0 Å². The van der Waals surface area contributed by atoms with Crippen LogP contribution in [-0.4, -0.2) is 34.7 Å². The summed E-state index contributed by atoms with van der Waals surface area (Å²) in [5.74, 6) is -0.316. The second-order valence-electron chi connectivity index (χ2n) is 4.30. The van der Waals surface area contributed by atoms with E-state index in [1.807, 2.05) is 25.2 Å². The molecule has 2 aromatic rings. The number of amides is 1. The van der Waals surface area contributed by atoms with Crippen molar-refractivity contribution in [2.45, 2.75) is 6.42 Å². The van der Waals surface area contributed by atoms with Crippen LogP contribution in [0.1, 0.15) is 15.9 Å². The highest BCUT2D eigenvalue weighted by molar-refractivity contribution is 5.96. The van der Waals surface area contributed by atoms with Crippen LogP contribution < -0.4 is 5.73 Å². The van der Waals surface area contributed by atoms with Crippen LogP contribution in [0.4, 0.5) is 5.82 Å². The zero-order valence-electron chi connectivity index (χ0n) is 11.2. The summed E-state index contributed by atoms with van der Waals surface area (Å²) in [6, 6.07) is 10.1. The molecule has 0 bridgehead atoms. The van der Waals surface area contributed by atoms with Gasteiger partial charge in [0.25, 0.3) is 5.91 Å². The molecule has 1 aromatic carbocycles. The first kappa shape index (κ1) is 13.7. The zero-order chi connectivity index (χ0) is 14.4. The van der Waals surface area contributed by atoms with E-state index in [2.05, 4.69) is 32.7 Å². The molecule has 2 rings (SSSR count). The standard InChI is InChI=1S/C13H16N6O/c1-19(8-7-10-5-3-2-4-6-10)18-17-13-11(12(14)20)9-15-16-13/h2-6,9H,7-8H2,1H3,(H2,14,20)(H,15,16). The minimum atomic E-state index is -0.584. The summed E-state index contributed by atoms with van der Waals surface area (Å²) >= 11 is 0. The van der Waals surface area contributed by atoms with Gasteiger partial charge in [-0.2, -0.15) is 5.10 Å². The molecule has 3 N–H and O–H groups in total. The van der Waals surface area contributed by atoms with E-state index in [0.717, 1.165) is 6.42 Å². The minimum Gasteiger partial charge on any atom is -0.365 e. The van der Waals surface area contributed by atoms with Crippen LogP contribution in [-0.2, 0) is 6.42 Å². The minimum absolute atomic E-state index is 0.227. The van der Waals surface area contributed by atoms with Gasteiger partial charge < -0.3 is 5.73 Å². The Kier molecular flexibility index (Phi) is 4.43. The molecule has 0 saturated heterocycles. The molecule has 0 saturated carbocycles. The van der Waals surface area contributed by atoms with Gasteiger partial charge in [-0.15, -0.1) is 5.11 Å². The van der Waals surface area contributed by atoms with Crippen LogP contribution >= 0.6 is 0 Å². The van der Waals surface area contributed by atoms with Gasteiger partial charge in [0.15, 0.2) is 5.82 Å². The second kappa shape index (κ2) is 6.46. The number of carbonyl (C=O) groups is 1. The summed E-state index contributed by atoms with van der Waals surface area (Å²) < 4.78 is 0. The third kappa shape index (κ3) is 3.64. The van der Waals surface area contributed by atoms with Gasteiger partial charge in [0.1, 0.15) is 5.56 Å². The monoisotopic (exact) mass is 272 g/mol. The van der Waals surface area contributed by atoms with Crippen molar-refractivity contribution in [1.29, 1.82) is 0 Å². The van der Waals surface area contributed by atoms with Crippen LogP contribution in [0.5, 0.6) is 0 Å². The third-order valence-corrected chi connectivity index (χ3v) is 2.75. The third-order valence-electron chi connectivity index (χ3n) is 2.75. The summed E-state index contributed by atoms with van der Waals surface area (Å²) in [4.78, 5) is 11.1. The smallest absolute Gasteiger partial charge is 0.254 e. The first-order valence-corrected chi connectivity index (χ1v) is 6.16. The van der Waals surface area contributed by atoms with Crippen LogP contribution in [0.25, 0.3) is 0 Å². The fraction of sp³-hybridized carbons (Fsp3) is 0.231. The summed E-state index contributed by atoms with van der Waals surface area (Å²) in [7, 11) is 1.81. The van der Waals surface area contributed by atoms with Gasteiger partial charge in [0.2, 0.25) is 0 Å². The highest BCUT2D eigenvalue weighted by Gasteiger charge is 2.09. The number of aromatic amines is 1. The summed E-state index contributed by atoms with van der Waals surface area (Å²) in [6.07, 6.45) is 2.20. The van der Waals surface area contributed by atoms with Crippen molar-refractivity contribution in [3.63, 3.8) is 0 Å². The van der Waals surface area contributed by atoms with Gasteiger partial charge in [-0.1, -0.05) is 35.6 Å². The zero-order valence-corrected chi connectivity index (χ0v) is 11.2. The average Bonchev–Trinajstić information content (AvgIpc) is 2.92. The Balaban J connectivity index is 1.91. The molecule has 0 spiro atoms. The molecule has 1 aromatic heterocycles. The van der Waals surface area contributed by atoms with Gasteiger partial charge in [0, 0.05) is 13.6 Å². The summed E-state index contributed by atoms with van der Waals surface area (Å²) in [5.41, 5.74) is 6.64. The maximum Gasteiger partial charge on any atom is 0.254 e. The Labute approximate surface area is 116 Å². The van der Waals surface area contributed by atoms with Crippen LogP contribution in [0.2, 0.25) is 0 Å². The Morgan fingerprint density at radius 2 is 2.15 bits per heavy atom. The number of H-pyrrole nitrogens is 1. The van der Waals surface area contributed by atoms with Crippen molar-refractivity contribution in [3.8, 4) is 0 Å². The van der Waals surface area contributed by atoms with E-state index in [4.69, 9.17) is 5.73 Å². The van der Waals surface area contributed by atoms with E-state index in [-0.39, 0.29) is 11.4 Å². The lowest BCUT2D eigenvalue weighted by atomic mass is 10.1.